The van der Waals surface area contributed by atoms with Crippen LogP contribution in [0, 0.1) is 25.3 Å². The van der Waals surface area contributed by atoms with Crippen molar-refractivity contribution < 1.29 is 9.53 Å². The monoisotopic (exact) mass is 502 g/mol. The highest BCUT2D eigenvalue weighted by Crippen LogP contribution is 2.41. The van der Waals surface area contributed by atoms with Gasteiger partial charge in [0, 0.05) is 5.57 Å². The summed E-state index contributed by atoms with van der Waals surface area (Å²) in [5, 5.41) is 0. The molecule has 0 amide bonds. The maximum atomic E-state index is 13.6. The lowest BCUT2D eigenvalue weighted by Crippen LogP contribution is -2.43. The second-order valence-corrected chi connectivity index (χ2v) is 16.5. The molecule has 0 aliphatic heterocycles. The van der Waals surface area contributed by atoms with Crippen LogP contribution in [0.15, 0.2) is 54.3 Å². The van der Waals surface area contributed by atoms with E-state index in [4.69, 9.17) is 4.74 Å². The van der Waals surface area contributed by atoms with Crippen molar-refractivity contribution in [2.24, 2.45) is 0 Å². The van der Waals surface area contributed by atoms with Crippen LogP contribution in [0.1, 0.15) is 96.4 Å². The van der Waals surface area contributed by atoms with Crippen LogP contribution in [0.2, 0.25) is 16.6 Å². The van der Waals surface area contributed by atoms with Gasteiger partial charge < -0.3 is 4.74 Å². The molecule has 2 nitrogen and oxygen atoms in total. The van der Waals surface area contributed by atoms with Crippen molar-refractivity contribution in [3.63, 3.8) is 0 Å². The zero-order chi connectivity index (χ0) is 27.0. The largest absolute Gasteiger partial charge is 0.416 e. The molecule has 0 saturated carbocycles. The first-order chi connectivity index (χ1) is 17.0. The molecule has 0 fully saturated rings. The van der Waals surface area contributed by atoms with E-state index in [1.165, 1.54) is 11.1 Å². The molecule has 0 heterocycles. The van der Waals surface area contributed by atoms with Crippen molar-refractivity contribution in [3.05, 3.63) is 76.5 Å². The van der Waals surface area contributed by atoms with Crippen LogP contribution in [0.3, 0.4) is 0 Å². The van der Waals surface area contributed by atoms with Crippen LogP contribution in [0.25, 0.3) is 5.57 Å². The number of aryl methyl sites for hydroxylation is 2. The second-order valence-electron chi connectivity index (χ2n) is 11.0. The molecule has 1 atom stereocenters. The van der Waals surface area contributed by atoms with Gasteiger partial charge in [0.15, 0.2) is 5.76 Å². The second kappa shape index (κ2) is 13.1. The fraction of sp³-hybridized carbons (Fsp3) is 0.485. The smallest absolute Gasteiger partial charge is 0.319 e. The van der Waals surface area contributed by atoms with Gasteiger partial charge in [0.25, 0.3) is 0 Å². The van der Waals surface area contributed by atoms with Crippen LogP contribution >= 0.6 is 0 Å². The Labute approximate surface area is 221 Å². The zero-order valence-corrected chi connectivity index (χ0v) is 25.2. The summed E-state index contributed by atoms with van der Waals surface area (Å²) in [6.45, 7) is 22.1. The number of carbonyl (C=O) groups excluding carboxylic acids is 1. The van der Waals surface area contributed by atoms with Gasteiger partial charge >= 0.3 is 5.97 Å². The van der Waals surface area contributed by atoms with E-state index in [9.17, 15) is 4.79 Å². The number of rotatable bonds is 9. The molecule has 2 aromatic rings. The van der Waals surface area contributed by atoms with Crippen LogP contribution in [0.5, 0.6) is 0 Å². The Morgan fingerprint density at radius 1 is 0.806 bits per heavy atom. The Balaban J connectivity index is 2.67. The van der Waals surface area contributed by atoms with Crippen molar-refractivity contribution >= 4 is 19.6 Å². The molecule has 1 unspecified atom stereocenters. The first-order valence-electron chi connectivity index (χ1n) is 13.6. The molecule has 0 N–H and O–H groups in total. The first-order valence-corrected chi connectivity index (χ1v) is 15.8. The molecule has 36 heavy (non-hydrogen) atoms. The number of allylic oxidation sites excluding steroid dienone is 2. The Morgan fingerprint density at radius 2 is 1.28 bits per heavy atom. The lowest BCUT2D eigenvalue weighted by molar-refractivity contribution is -0.140. The minimum atomic E-state index is -2.00. The van der Waals surface area contributed by atoms with Gasteiger partial charge in [-0.3, -0.25) is 4.79 Å². The van der Waals surface area contributed by atoms with Crippen LogP contribution in [-0.2, 0) is 9.53 Å². The summed E-state index contributed by atoms with van der Waals surface area (Å²) in [5.74, 6) is 3.47. The lowest BCUT2D eigenvalue weighted by atomic mass is 9.95. The summed E-state index contributed by atoms with van der Waals surface area (Å²) < 4.78 is 6.25. The van der Waals surface area contributed by atoms with E-state index in [0.717, 1.165) is 23.1 Å². The molecule has 2 aromatic carbocycles. The van der Waals surface area contributed by atoms with Gasteiger partial charge in [-0.25, -0.2) is 0 Å². The minimum Gasteiger partial charge on any atom is -0.416 e. The third-order valence-corrected chi connectivity index (χ3v) is 14.0. The van der Waals surface area contributed by atoms with Gasteiger partial charge in [0.2, 0.25) is 0 Å². The predicted molar refractivity (Wildman–Crippen MR) is 158 cm³/mol. The van der Waals surface area contributed by atoms with Crippen molar-refractivity contribution in [1.29, 1.82) is 0 Å². The normalized spacial score (nSPS) is 13.4. The Kier molecular flexibility index (Phi) is 10.8. The van der Waals surface area contributed by atoms with E-state index >= 15 is 0 Å². The number of hydrogen-bond acceptors (Lipinski definition) is 2. The molecule has 194 valence electrons. The van der Waals surface area contributed by atoms with E-state index < -0.39 is 8.07 Å². The summed E-state index contributed by atoms with van der Waals surface area (Å²) in [5.41, 5.74) is 10.7. The average Bonchev–Trinajstić information content (AvgIpc) is 2.82. The SMILES string of the molecule is CC/C(=C(/C#C[Si](C(C)C)(C(C)C)C(C)C)OC(=O)C(CC)c1ccc(C)cc1)c1ccc(C)cc1. The van der Waals surface area contributed by atoms with Crippen LogP contribution in [-0.4, -0.2) is 14.0 Å². The molecule has 0 spiro atoms. The lowest BCUT2D eigenvalue weighted by Gasteiger charge is -2.38. The molecule has 0 saturated heterocycles. The van der Waals surface area contributed by atoms with Gasteiger partial charge in [-0.2, -0.15) is 0 Å². The molecule has 0 bridgehead atoms. The third-order valence-electron chi connectivity index (χ3n) is 7.66. The van der Waals surface area contributed by atoms with E-state index in [1.54, 1.807) is 0 Å². The minimum absolute atomic E-state index is 0.227. The summed E-state index contributed by atoms with van der Waals surface area (Å²) >= 11 is 0. The van der Waals surface area contributed by atoms with E-state index in [2.05, 4.69) is 110 Å². The van der Waals surface area contributed by atoms with Gasteiger partial charge in [-0.15, -0.1) is 5.54 Å². The fourth-order valence-electron chi connectivity index (χ4n) is 5.52. The van der Waals surface area contributed by atoms with Crippen LogP contribution in [0.4, 0.5) is 0 Å². The Bertz CT molecular complexity index is 1070. The van der Waals surface area contributed by atoms with Crippen molar-refractivity contribution in [2.75, 3.05) is 0 Å². The summed E-state index contributed by atoms with van der Waals surface area (Å²) in [6.07, 6.45) is 1.42. The van der Waals surface area contributed by atoms with Crippen molar-refractivity contribution in [1.82, 2.24) is 0 Å². The average molecular weight is 503 g/mol. The zero-order valence-electron chi connectivity index (χ0n) is 24.2. The molecule has 0 radical (unpaired) electrons. The maximum Gasteiger partial charge on any atom is 0.319 e. The molecule has 3 heteroatoms. The number of benzene rings is 2. The van der Waals surface area contributed by atoms with Crippen LogP contribution < -0.4 is 0 Å². The number of hydrogen-bond donors (Lipinski definition) is 0. The number of esters is 1. The highest BCUT2D eigenvalue weighted by atomic mass is 28.3. The molecule has 0 aliphatic carbocycles. The molecule has 2 rings (SSSR count). The quantitative estimate of drug-likeness (QED) is 0.148. The number of carbonyl (C=O) groups is 1. The molecule has 0 aromatic heterocycles. The third kappa shape index (κ3) is 6.80. The first kappa shape index (κ1) is 29.7. The van der Waals surface area contributed by atoms with E-state index in [-0.39, 0.29) is 11.9 Å². The van der Waals surface area contributed by atoms with Gasteiger partial charge in [0.05, 0.1) is 5.92 Å². The predicted octanol–water partition coefficient (Wildman–Crippen LogP) is 9.38. The summed E-state index contributed by atoms with van der Waals surface area (Å²) in [7, 11) is -2.00. The highest BCUT2D eigenvalue weighted by Gasteiger charge is 2.42. The molecule has 0 aliphatic rings. The summed E-state index contributed by atoms with van der Waals surface area (Å²) in [6, 6.07) is 16.6. The van der Waals surface area contributed by atoms with E-state index in [0.29, 0.717) is 28.8 Å². The number of ether oxygens (including phenoxy) is 1. The highest BCUT2D eigenvalue weighted by molar-refractivity contribution is 6.90. The van der Waals surface area contributed by atoms with Crippen molar-refractivity contribution in [2.45, 2.75) is 105 Å². The van der Waals surface area contributed by atoms with Gasteiger partial charge in [-0.05, 0) is 60.4 Å². The fourth-order valence-corrected chi connectivity index (χ4v) is 10.7. The Morgan fingerprint density at radius 3 is 1.69 bits per heavy atom. The van der Waals surface area contributed by atoms with Gasteiger partial charge in [0.1, 0.15) is 8.07 Å². The Hall–Kier alpha value is -2.57. The molecular formula is C33H46O2Si. The van der Waals surface area contributed by atoms with Crippen molar-refractivity contribution in [3.8, 4) is 11.5 Å². The topological polar surface area (TPSA) is 26.3 Å². The van der Waals surface area contributed by atoms with E-state index in [1.807, 2.05) is 19.1 Å². The standard InChI is InChI=1S/C33H46O2Si/c1-11-30(28-17-13-26(9)14-18-28)32(21-22-36(23(3)4,24(5)6)25(7)8)35-33(34)31(12-2)29-19-15-27(10)16-20-29/h13-20,23-25,31H,11-12H2,1-10H3/b32-30+. The summed E-state index contributed by atoms with van der Waals surface area (Å²) in [4.78, 5) is 13.6. The maximum absolute atomic E-state index is 13.6. The molecular weight excluding hydrogens is 456 g/mol. The van der Waals surface area contributed by atoms with Gasteiger partial charge in [-0.1, -0.05) is 115 Å².